The molecule has 8 heavy (non-hydrogen) atoms. The summed E-state index contributed by atoms with van der Waals surface area (Å²) >= 11 is 0. The van der Waals surface area contributed by atoms with Crippen molar-refractivity contribution in [3.8, 4) is 0 Å². The molecular weight excluding hydrogens is 102 g/mol. The topological polar surface area (TPSA) is 41.6 Å². The molecule has 0 heterocycles. The molecule has 0 bridgehead atoms. The van der Waals surface area contributed by atoms with Gasteiger partial charge in [-0.2, -0.15) is 0 Å². The standard InChI is InChI=1S/C5H11N3/c1-5(2)8(6)4-7-3/h4H,1,6H2,2-3H3. The zero-order valence-corrected chi connectivity index (χ0v) is 5.26. The summed E-state index contributed by atoms with van der Waals surface area (Å²) in [6.45, 7) is 5.39. The van der Waals surface area contributed by atoms with Crippen LogP contribution in [0.4, 0.5) is 0 Å². The molecule has 0 fully saturated rings. The molecule has 0 aliphatic heterocycles. The van der Waals surface area contributed by atoms with Gasteiger partial charge in [-0.1, -0.05) is 6.58 Å². The van der Waals surface area contributed by atoms with Gasteiger partial charge >= 0.3 is 0 Å². The molecule has 0 aromatic carbocycles. The van der Waals surface area contributed by atoms with E-state index in [-0.39, 0.29) is 0 Å². The Balaban J connectivity index is 3.64. The molecule has 0 rings (SSSR count). The predicted molar refractivity (Wildman–Crippen MR) is 35.3 cm³/mol. The third-order valence-electron chi connectivity index (χ3n) is 0.681. The molecule has 0 aromatic rings. The average Bonchev–Trinajstić information content (AvgIpc) is 1.67. The van der Waals surface area contributed by atoms with Gasteiger partial charge in [-0.3, -0.25) is 10.0 Å². The van der Waals surface area contributed by atoms with Crippen LogP contribution >= 0.6 is 0 Å². The van der Waals surface area contributed by atoms with Crippen LogP contribution in [-0.4, -0.2) is 18.4 Å². The van der Waals surface area contributed by atoms with Crippen LogP contribution in [0, 0.1) is 0 Å². The summed E-state index contributed by atoms with van der Waals surface area (Å²) in [5, 5.41) is 1.36. The van der Waals surface area contributed by atoms with Gasteiger partial charge in [0.05, 0.1) is 0 Å². The fourth-order valence-electron chi connectivity index (χ4n) is 0.223. The Bertz CT molecular complexity index is 106. The van der Waals surface area contributed by atoms with E-state index in [9.17, 15) is 0 Å². The lowest BCUT2D eigenvalue weighted by molar-refractivity contribution is 0.565. The van der Waals surface area contributed by atoms with Crippen molar-refractivity contribution in [1.29, 1.82) is 0 Å². The summed E-state index contributed by atoms with van der Waals surface area (Å²) in [4.78, 5) is 3.67. The molecule has 0 spiro atoms. The first-order valence-electron chi connectivity index (χ1n) is 2.30. The summed E-state index contributed by atoms with van der Waals surface area (Å²) in [7, 11) is 1.66. The Labute approximate surface area is 49.5 Å². The van der Waals surface area contributed by atoms with Crippen LogP contribution in [0.5, 0.6) is 0 Å². The van der Waals surface area contributed by atoms with Crippen LogP contribution in [-0.2, 0) is 0 Å². The second-order valence-corrected chi connectivity index (χ2v) is 1.52. The van der Waals surface area contributed by atoms with Gasteiger partial charge in [0.15, 0.2) is 0 Å². The van der Waals surface area contributed by atoms with Crippen molar-refractivity contribution < 1.29 is 0 Å². The van der Waals surface area contributed by atoms with E-state index >= 15 is 0 Å². The monoisotopic (exact) mass is 113 g/mol. The number of allylic oxidation sites excluding steroid dienone is 1. The van der Waals surface area contributed by atoms with E-state index < -0.39 is 0 Å². The number of nitrogens with zero attached hydrogens (tertiary/aromatic N) is 2. The molecule has 0 amide bonds. The molecule has 2 N–H and O–H groups in total. The van der Waals surface area contributed by atoms with Gasteiger partial charge in [0.1, 0.15) is 6.34 Å². The van der Waals surface area contributed by atoms with Crippen molar-refractivity contribution in [2.45, 2.75) is 6.92 Å². The van der Waals surface area contributed by atoms with Crippen LogP contribution in [0.2, 0.25) is 0 Å². The van der Waals surface area contributed by atoms with Gasteiger partial charge in [0.2, 0.25) is 0 Å². The van der Waals surface area contributed by atoms with Gasteiger partial charge in [0.25, 0.3) is 0 Å². The lowest BCUT2D eigenvalue weighted by Gasteiger charge is -2.09. The minimum Gasteiger partial charge on any atom is -0.277 e. The smallest absolute Gasteiger partial charge is 0.103 e. The predicted octanol–water partition coefficient (Wildman–Crippen LogP) is 0.354. The quantitative estimate of drug-likeness (QED) is 0.243. The number of hydrogen-bond acceptors (Lipinski definition) is 2. The lowest BCUT2D eigenvalue weighted by Crippen LogP contribution is -2.26. The summed E-state index contributed by atoms with van der Waals surface area (Å²) in [5.41, 5.74) is 0.774. The van der Waals surface area contributed by atoms with E-state index in [1.807, 2.05) is 6.92 Å². The molecule has 0 aromatic heterocycles. The fourth-order valence-corrected chi connectivity index (χ4v) is 0.223. The largest absolute Gasteiger partial charge is 0.277 e. The summed E-state index contributed by atoms with van der Waals surface area (Å²) in [6.07, 6.45) is 1.50. The summed E-state index contributed by atoms with van der Waals surface area (Å²) in [6, 6.07) is 0. The van der Waals surface area contributed by atoms with Crippen molar-refractivity contribution >= 4 is 6.34 Å². The SMILES string of the molecule is C=C(C)N(N)C=NC. The maximum Gasteiger partial charge on any atom is 0.103 e. The number of rotatable bonds is 2. The molecule has 3 nitrogen and oxygen atoms in total. The van der Waals surface area contributed by atoms with Crippen molar-refractivity contribution in [2.24, 2.45) is 10.8 Å². The normalized spacial score (nSPS) is 9.88. The highest BCUT2D eigenvalue weighted by molar-refractivity contribution is 5.56. The molecular formula is C5H11N3. The fraction of sp³-hybridized carbons (Fsp3) is 0.400. The minimum atomic E-state index is 0.774. The first-order chi connectivity index (χ1) is 3.68. The van der Waals surface area contributed by atoms with Crippen molar-refractivity contribution in [3.63, 3.8) is 0 Å². The molecule has 0 unspecified atom stereocenters. The molecule has 46 valence electrons. The highest BCUT2D eigenvalue weighted by Gasteiger charge is 1.86. The number of nitrogens with two attached hydrogens (primary N) is 1. The zero-order valence-electron chi connectivity index (χ0n) is 5.26. The Morgan fingerprint density at radius 3 is 2.50 bits per heavy atom. The number of aliphatic imine (C=N–C) groups is 1. The Hall–Kier alpha value is -0.830. The average molecular weight is 113 g/mol. The second kappa shape index (κ2) is 3.21. The molecule has 0 aliphatic rings. The van der Waals surface area contributed by atoms with E-state index in [4.69, 9.17) is 5.84 Å². The molecule has 3 heteroatoms. The minimum absolute atomic E-state index is 0.774. The highest BCUT2D eigenvalue weighted by atomic mass is 15.4. The van der Waals surface area contributed by atoms with E-state index in [1.165, 1.54) is 11.3 Å². The Morgan fingerprint density at radius 2 is 2.38 bits per heavy atom. The van der Waals surface area contributed by atoms with E-state index in [0.717, 1.165) is 5.70 Å². The van der Waals surface area contributed by atoms with Crippen LogP contribution in [0.1, 0.15) is 6.92 Å². The van der Waals surface area contributed by atoms with Gasteiger partial charge in [0, 0.05) is 12.7 Å². The van der Waals surface area contributed by atoms with Crippen LogP contribution in [0.15, 0.2) is 17.3 Å². The first kappa shape index (κ1) is 7.17. The first-order valence-corrected chi connectivity index (χ1v) is 2.30. The molecule has 0 saturated heterocycles. The van der Waals surface area contributed by atoms with E-state index in [2.05, 4.69) is 11.6 Å². The van der Waals surface area contributed by atoms with Crippen LogP contribution < -0.4 is 5.84 Å². The van der Waals surface area contributed by atoms with Crippen LogP contribution in [0.25, 0.3) is 0 Å². The third kappa shape index (κ3) is 2.36. The maximum atomic E-state index is 5.31. The summed E-state index contributed by atoms with van der Waals surface area (Å²) in [5.74, 6) is 5.31. The van der Waals surface area contributed by atoms with Crippen LogP contribution in [0.3, 0.4) is 0 Å². The van der Waals surface area contributed by atoms with E-state index in [0.29, 0.717) is 0 Å². The van der Waals surface area contributed by atoms with E-state index in [1.54, 1.807) is 7.05 Å². The zero-order chi connectivity index (χ0) is 6.57. The van der Waals surface area contributed by atoms with Crippen molar-refractivity contribution in [1.82, 2.24) is 5.01 Å². The van der Waals surface area contributed by atoms with Gasteiger partial charge in [-0.15, -0.1) is 0 Å². The lowest BCUT2D eigenvalue weighted by atomic mass is 10.6. The maximum absolute atomic E-state index is 5.31. The van der Waals surface area contributed by atoms with Gasteiger partial charge in [-0.05, 0) is 6.92 Å². The molecule has 0 atom stereocenters. The van der Waals surface area contributed by atoms with Crippen molar-refractivity contribution in [2.75, 3.05) is 7.05 Å². The summed E-state index contributed by atoms with van der Waals surface area (Å²) < 4.78 is 0. The number of hydrazine groups is 1. The van der Waals surface area contributed by atoms with Gasteiger partial charge < -0.3 is 0 Å². The molecule has 0 saturated carbocycles. The van der Waals surface area contributed by atoms with Crippen molar-refractivity contribution in [3.05, 3.63) is 12.3 Å². The van der Waals surface area contributed by atoms with Gasteiger partial charge in [-0.25, -0.2) is 5.84 Å². The Kier molecular flexibility index (Phi) is 2.88. The highest BCUT2D eigenvalue weighted by Crippen LogP contribution is 1.85. The molecule has 0 radical (unpaired) electrons. The molecule has 0 aliphatic carbocycles. The Morgan fingerprint density at radius 1 is 1.88 bits per heavy atom. The second-order valence-electron chi connectivity index (χ2n) is 1.52. The third-order valence-corrected chi connectivity index (χ3v) is 0.681. The number of hydrogen-bond donors (Lipinski definition) is 1.